The van der Waals surface area contributed by atoms with Crippen molar-refractivity contribution in [1.29, 1.82) is 0 Å². The molecular formula is C19H19F3. The minimum absolute atomic E-state index is 0.123. The van der Waals surface area contributed by atoms with Gasteiger partial charge in [-0.1, -0.05) is 43.3 Å². The summed E-state index contributed by atoms with van der Waals surface area (Å²) in [5, 5.41) is 0. The lowest BCUT2D eigenvalue weighted by Gasteiger charge is -2.05. The van der Waals surface area contributed by atoms with E-state index in [0.717, 1.165) is 24.0 Å². The van der Waals surface area contributed by atoms with Crippen molar-refractivity contribution in [3.05, 3.63) is 76.9 Å². The lowest BCUT2D eigenvalue weighted by Crippen LogP contribution is -1.92. The number of hydrogen-bond donors (Lipinski definition) is 0. The smallest absolute Gasteiger partial charge is 0.161 e. The molecule has 0 N–H and O–H groups in total. The topological polar surface area (TPSA) is 0 Å². The molecule has 0 heterocycles. The Kier molecular flexibility index (Phi) is 5.82. The van der Waals surface area contributed by atoms with Crippen molar-refractivity contribution in [2.24, 2.45) is 0 Å². The van der Waals surface area contributed by atoms with Crippen molar-refractivity contribution in [2.45, 2.75) is 32.6 Å². The maximum Gasteiger partial charge on any atom is 0.161 e. The maximum atomic E-state index is 13.8. The van der Waals surface area contributed by atoms with E-state index >= 15 is 0 Å². The minimum Gasteiger partial charge on any atom is -0.209 e. The van der Waals surface area contributed by atoms with Gasteiger partial charge in [-0.25, -0.2) is 13.2 Å². The predicted molar refractivity (Wildman–Crippen MR) is 84.3 cm³/mol. The summed E-state index contributed by atoms with van der Waals surface area (Å²) in [4.78, 5) is 0. The van der Waals surface area contributed by atoms with Gasteiger partial charge in [-0.15, -0.1) is 0 Å². The average Bonchev–Trinajstić information content (AvgIpc) is 2.54. The van der Waals surface area contributed by atoms with Gasteiger partial charge in [-0.05, 0) is 42.5 Å². The van der Waals surface area contributed by atoms with E-state index in [1.165, 1.54) is 12.1 Å². The van der Waals surface area contributed by atoms with Crippen LogP contribution in [-0.2, 0) is 12.8 Å². The van der Waals surface area contributed by atoms with Crippen molar-refractivity contribution in [3.63, 3.8) is 0 Å². The number of rotatable bonds is 6. The van der Waals surface area contributed by atoms with E-state index in [-0.39, 0.29) is 17.8 Å². The largest absolute Gasteiger partial charge is 0.209 e. The first-order valence-electron chi connectivity index (χ1n) is 7.48. The van der Waals surface area contributed by atoms with Crippen molar-refractivity contribution in [3.8, 4) is 0 Å². The zero-order valence-corrected chi connectivity index (χ0v) is 12.6. The first-order valence-corrected chi connectivity index (χ1v) is 7.48. The molecule has 0 saturated heterocycles. The molecule has 0 fully saturated rings. The molecule has 0 amide bonds. The molecular weight excluding hydrogens is 285 g/mol. The molecule has 116 valence electrons. The summed E-state index contributed by atoms with van der Waals surface area (Å²) in [6.45, 7) is 1.81. The van der Waals surface area contributed by atoms with E-state index in [1.54, 1.807) is 36.4 Å². The Bertz CT molecular complexity index is 625. The van der Waals surface area contributed by atoms with Crippen LogP contribution in [0.25, 0.3) is 5.83 Å². The Morgan fingerprint density at radius 2 is 1.32 bits per heavy atom. The number of halogens is 3. The van der Waals surface area contributed by atoms with E-state index in [1.807, 2.05) is 6.92 Å². The summed E-state index contributed by atoms with van der Waals surface area (Å²) in [6.07, 6.45) is 2.25. The van der Waals surface area contributed by atoms with Gasteiger partial charge in [0, 0.05) is 12.0 Å². The summed E-state index contributed by atoms with van der Waals surface area (Å²) in [6, 6.07) is 13.2. The lowest BCUT2D eigenvalue weighted by molar-refractivity contribution is 0.559. The average molecular weight is 304 g/mol. The molecule has 0 atom stereocenters. The van der Waals surface area contributed by atoms with Gasteiger partial charge in [-0.2, -0.15) is 0 Å². The van der Waals surface area contributed by atoms with Crippen LogP contribution in [0.3, 0.4) is 0 Å². The molecule has 0 saturated carbocycles. The second-order valence-electron chi connectivity index (χ2n) is 5.29. The Labute approximate surface area is 129 Å². The fourth-order valence-electron chi connectivity index (χ4n) is 2.24. The van der Waals surface area contributed by atoms with Crippen LogP contribution in [0.4, 0.5) is 13.2 Å². The molecule has 2 aromatic rings. The van der Waals surface area contributed by atoms with Gasteiger partial charge in [0.1, 0.15) is 11.6 Å². The molecule has 0 aliphatic carbocycles. The molecule has 3 heteroatoms. The molecule has 22 heavy (non-hydrogen) atoms. The fraction of sp³-hybridized carbons (Fsp3) is 0.263. The van der Waals surface area contributed by atoms with Crippen LogP contribution in [0.1, 0.15) is 36.5 Å². The van der Waals surface area contributed by atoms with Crippen LogP contribution in [0.5, 0.6) is 0 Å². The molecule has 0 bridgehead atoms. The van der Waals surface area contributed by atoms with Gasteiger partial charge >= 0.3 is 0 Å². The van der Waals surface area contributed by atoms with Gasteiger partial charge in [0.15, 0.2) is 5.83 Å². The standard InChI is InChI=1S/C19H19F3/c1-2-3-18(21)19(22)16-10-6-14(7-11-16)4-5-15-8-12-17(20)13-9-15/h6-13H,2-5H2,1H3/b19-18+. The summed E-state index contributed by atoms with van der Waals surface area (Å²) in [7, 11) is 0. The van der Waals surface area contributed by atoms with Crippen LogP contribution in [0.15, 0.2) is 54.4 Å². The SMILES string of the molecule is CCC/C(F)=C(\F)c1ccc(CCc2ccc(F)cc2)cc1. The molecule has 0 aliphatic heterocycles. The number of aryl methyl sites for hydroxylation is 2. The lowest BCUT2D eigenvalue weighted by atomic mass is 10.0. The van der Waals surface area contributed by atoms with Gasteiger partial charge in [0.25, 0.3) is 0 Å². The highest BCUT2D eigenvalue weighted by molar-refractivity contribution is 5.61. The third-order valence-corrected chi connectivity index (χ3v) is 3.53. The summed E-state index contributed by atoms with van der Waals surface area (Å²) in [5.41, 5.74) is 2.36. The second kappa shape index (κ2) is 7.83. The third kappa shape index (κ3) is 4.48. The van der Waals surface area contributed by atoms with E-state index in [0.29, 0.717) is 6.42 Å². The number of hydrogen-bond acceptors (Lipinski definition) is 0. The second-order valence-corrected chi connectivity index (χ2v) is 5.29. The number of allylic oxidation sites excluding steroid dienone is 1. The first kappa shape index (κ1) is 16.3. The Balaban J connectivity index is 2.00. The van der Waals surface area contributed by atoms with Gasteiger partial charge < -0.3 is 0 Å². The predicted octanol–water partition coefficient (Wildman–Crippen LogP) is 6.02. The molecule has 0 radical (unpaired) electrons. The van der Waals surface area contributed by atoms with Crippen molar-refractivity contribution < 1.29 is 13.2 Å². The van der Waals surface area contributed by atoms with Crippen LogP contribution in [0, 0.1) is 5.82 Å². The maximum absolute atomic E-state index is 13.8. The van der Waals surface area contributed by atoms with Crippen molar-refractivity contribution >= 4 is 5.83 Å². The molecule has 0 nitrogen and oxygen atoms in total. The van der Waals surface area contributed by atoms with Gasteiger partial charge in [0.05, 0.1) is 0 Å². The molecule has 0 aromatic heterocycles. The van der Waals surface area contributed by atoms with Crippen LogP contribution < -0.4 is 0 Å². The molecule has 0 aliphatic rings. The van der Waals surface area contributed by atoms with Gasteiger partial charge in [-0.3, -0.25) is 0 Å². The fourth-order valence-corrected chi connectivity index (χ4v) is 2.24. The highest BCUT2D eigenvalue weighted by Crippen LogP contribution is 2.24. The van der Waals surface area contributed by atoms with E-state index in [2.05, 4.69) is 0 Å². The van der Waals surface area contributed by atoms with Crippen molar-refractivity contribution in [1.82, 2.24) is 0 Å². The zero-order valence-electron chi connectivity index (χ0n) is 12.6. The van der Waals surface area contributed by atoms with Crippen LogP contribution >= 0.6 is 0 Å². The monoisotopic (exact) mass is 304 g/mol. The summed E-state index contributed by atoms with van der Waals surface area (Å²) >= 11 is 0. The Morgan fingerprint density at radius 1 is 0.818 bits per heavy atom. The minimum atomic E-state index is -0.771. The Morgan fingerprint density at radius 3 is 1.82 bits per heavy atom. The quantitative estimate of drug-likeness (QED) is 0.612. The molecule has 2 aromatic carbocycles. The molecule has 0 spiro atoms. The van der Waals surface area contributed by atoms with E-state index in [9.17, 15) is 13.2 Å². The zero-order chi connectivity index (χ0) is 15.9. The summed E-state index contributed by atoms with van der Waals surface area (Å²) < 4.78 is 40.1. The van der Waals surface area contributed by atoms with Crippen LogP contribution in [0.2, 0.25) is 0 Å². The van der Waals surface area contributed by atoms with E-state index in [4.69, 9.17) is 0 Å². The third-order valence-electron chi connectivity index (χ3n) is 3.53. The van der Waals surface area contributed by atoms with Gasteiger partial charge in [0.2, 0.25) is 0 Å². The highest BCUT2D eigenvalue weighted by atomic mass is 19.2. The van der Waals surface area contributed by atoms with E-state index < -0.39 is 11.7 Å². The van der Waals surface area contributed by atoms with Crippen molar-refractivity contribution in [2.75, 3.05) is 0 Å². The summed E-state index contributed by atoms with van der Waals surface area (Å²) in [5.74, 6) is -1.71. The first-order chi connectivity index (χ1) is 10.6. The highest BCUT2D eigenvalue weighted by Gasteiger charge is 2.08. The normalized spacial score (nSPS) is 12.2. The number of benzene rings is 2. The van der Waals surface area contributed by atoms with Crippen LogP contribution in [-0.4, -0.2) is 0 Å². The molecule has 2 rings (SSSR count). The molecule has 0 unspecified atom stereocenters. The Hall–Kier alpha value is -2.03.